The Morgan fingerprint density at radius 3 is 2.58 bits per heavy atom. The number of hydrogen-bond acceptors (Lipinski definition) is 3. The summed E-state index contributed by atoms with van der Waals surface area (Å²) in [7, 11) is 0. The van der Waals surface area contributed by atoms with Gasteiger partial charge in [-0.05, 0) is 53.3 Å². The van der Waals surface area contributed by atoms with Crippen LogP contribution in [0.2, 0.25) is 9.36 Å². The number of rotatable bonds is 2. The van der Waals surface area contributed by atoms with Gasteiger partial charge in [0, 0.05) is 16.4 Å². The maximum atomic E-state index is 13.1. The highest BCUT2D eigenvalue weighted by atomic mass is 35.5. The van der Waals surface area contributed by atoms with E-state index in [4.69, 9.17) is 23.2 Å². The first kappa shape index (κ1) is 16.2. The molecule has 6 heteroatoms. The van der Waals surface area contributed by atoms with Crippen LogP contribution in [0.3, 0.4) is 0 Å². The predicted molar refractivity (Wildman–Crippen MR) is 102 cm³/mol. The van der Waals surface area contributed by atoms with Crippen molar-refractivity contribution >= 4 is 51.8 Å². The largest absolute Gasteiger partial charge is 0.326 e. The van der Waals surface area contributed by atoms with E-state index in [0.29, 0.717) is 20.8 Å². The third-order valence-electron chi connectivity index (χ3n) is 4.19. The summed E-state index contributed by atoms with van der Waals surface area (Å²) in [6.45, 7) is 0.700. The molecule has 24 heavy (non-hydrogen) atoms. The first-order chi connectivity index (χ1) is 11.6. The van der Waals surface area contributed by atoms with Crippen LogP contribution in [0, 0.1) is 0 Å². The average molecular weight is 394 g/mol. The van der Waals surface area contributed by atoms with Crippen LogP contribution in [0.25, 0.3) is 0 Å². The molecular formula is C18H13Cl2NOS2. The third kappa shape index (κ3) is 2.88. The van der Waals surface area contributed by atoms with Crippen molar-refractivity contribution in [2.24, 2.45) is 0 Å². The van der Waals surface area contributed by atoms with Crippen LogP contribution in [-0.2, 0) is 6.42 Å². The molecule has 0 bridgehead atoms. The number of hydrogen-bond donors (Lipinski definition) is 0. The molecule has 122 valence electrons. The van der Waals surface area contributed by atoms with Crippen LogP contribution in [0.4, 0.5) is 0 Å². The van der Waals surface area contributed by atoms with E-state index in [9.17, 15) is 4.79 Å². The molecule has 0 spiro atoms. The van der Waals surface area contributed by atoms with Crippen molar-refractivity contribution in [2.75, 3.05) is 6.54 Å². The zero-order valence-electron chi connectivity index (χ0n) is 12.5. The second-order valence-electron chi connectivity index (χ2n) is 5.62. The highest BCUT2D eigenvalue weighted by molar-refractivity contribution is 7.18. The normalized spacial score (nSPS) is 16.9. The summed E-state index contributed by atoms with van der Waals surface area (Å²) in [5, 5.41) is 2.80. The lowest BCUT2D eigenvalue weighted by Gasteiger charge is -2.36. The summed E-state index contributed by atoms with van der Waals surface area (Å²) in [6.07, 6.45) is 0.883. The number of thiophene rings is 2. The van der Waals surface area contributed by atoms with Gasteiger partial charge in [0.25, 0.3) is 5.91 Å². The fraction of sp³-hybridized carbons (Fsp3) is 0.167. The van der Waals surface area contributed by atoms with Crippen LogP contribution in [0.5, 0.6) is 0 Å². The minimum atomic E-state index is -0.0700. The molecule has 0 fully saturated rings. The average Bonchev–Trinajstić information content (AvgIpc) is 3.23. The second-order valence-corrected chi connectivity index (χ2v) is 8.72. The molecule has 0 aliphatic carbocycles. The molecule has 1 atom stereocenters. The number of halogens is 2. The van der Waals surface area contributed by atoms with Crippen LogP contribution in [0.15, 0.2) is 47.8 Å². The Morgan fingerprint density at radius 2 is 1.88 bits per heavy atom. The molecule has 0 saturated carbocycles. The van der Waals surface area contributed by atoms with Gasteiger partial charge in [0.2, 0.25) is 0 Å². The van der Waals surface area contributed by atoms with Gasteiger partial charge in [0.1, 0.15) is 0 Å². The summed E-state index contributed by atoms with van der Waals surface area (Å²) < 4.78 is 0.634. The molecule has 2 aromatic heterocycles. The van der Waals surface area contributed by atoms with Crippen LogP contribution in [0.1, 0.15) is 31.7 Å². The molecule has 3 heterocycles. The molecule has 0 saturated heterocycles. The van der Waals surface area contributed by atoms with E-state index in [-0.39, 0.29) is 11.9 Å². The van der Waals surface area contributed by atoms with Gasteiger partial charge in [-0.25, -0.2) is 0 Å². The Hall–Kier alpha value is -1.33. The van der Waals surface area contributed by atoms with Crippen molar-refractivity contribution < 1.29 is 4.79 Å². The van der Waals surface area contributed by atoms with Crippen LogP contribution >= 0.6 is 45.9 Å². The second kappa shape index (κ2) is 6.52. The molecule has 0 N–H and O–H groups in total. The number of fused-ring (bicyclic) bond motifs is 1. The SMILES string of the molecule is O=C(c1ccc(Cl)s1)N1CCc2ccsc2C1c1ccc(Cl)cc1. The van der Waals surface area contributed by atoms with Crippen molar-refractivity contribution in [3.63, 3.8) is 0 Å². The Morgan fingerprint density at radius 1 is 1.08 bits per heavy atom. The first-order valence-corrected chi connectivity index (χ1v) is 9.97. The number of carbonyl (C=O) groups is 1. The van der Waals surface area contributed by atoms with E-state index in [2.05, 4.69) is 11.4 Å². The molecule has 1 aliphatic rings. The number of nitrogens with zero attached hydrogens (tertiary/aromatic N) is 1. The lowest BCUT2D eigenvalue weighted by Crippen LogP contribution is -2.39. The Bertz CT molecular complexity index is 885. The highest BCUT2D eigenvalue weighted by Gasteiger charge is 2.34. The number of carbonyl (C=O) groups excluding carboxylic acids is 1. The maximum absolute atomic E-state index is 13.1. The van der Waals surface area contributed by atoms with Gasteiger partial charge in [-0.2, -0.15) is 0 Å². The van der Waals surface area contributed by atoms with Gasteiger partial charge in [0.15, 0.2) is 0 Å². The monoisotopic (exact) mass is 393 g/mol. The van der Waals surface area contributed by atoms with Gasteiger partial charge in [-0.1, -0.05) is 35.3 Å². The van der Waals surface area contributed by atoms with E-state index < -0.39 is 0 Å². The zero-order valence-corrected chi connectivity index (χ0v) is 15.7. The topological polar surface area (TPSA) is 20.3 Å². The van der Waals surface area contributed by atoms with E-state index in [1.807, 2.05) is 29.2 Å². The van der Waals surface area contributed by atoms with Crippen molar-refractivity contribution in [1.29, 1.82) is 0 Å². The number of amides is 1. The standard InChI is InChI=1S/C18H13Cl2NOS2/c19-13-3-1-11(2-4-13)16-17-12(8-10-23-17)7-9-21(16)18(22)14-5-6-15(20)24-14/h1-6,8,10,16H,7,9H2. The summed E-state index contributed by atoms with van der Waals surface area (Å²) in [6, 6.07) is 13.4. The molecule has 1 unspecified atom stereocenters. The Kier molecular flexibility index (Phi) is 4.39. The molecule has 1 aromatic carbocycles. The smallest absolute Gasteiger partial charge is 0.264 e. The van der Waals surface area contributed by atoms with Gasteiger partial charge in [-0.3, -0.25) is 4.79 Å². The highest BCUT2D eigenvalue weighted by Crippen LogP contribution is 2.40. The lowest BCUT2D eigenvalue weighted by molar-refractivity contribution is 0.0703. The van der Waals surface area contributed by atoms with E-state index in [1.54, 1.807) is 23.5 Å². The van der Waals surface area contributed by atoms with Crippen molar-refractivity contribution in [1.82, 2.24) is 4.90 Å². The minimum absolute atomic E-state index is 0.0332. The van der Waals surface area contributed by atoms with Crippen molar-refractivity contribution in [3.05, 3.63) is 78.1 Å². The molecule has 0 radical (unpaired) electrons. The molecule has 3 aromatic rings. The first-order valence-electron chi connectivity index (χ1n) is 7.51. The summed E-state index contributed by atoms with van der Waals surface area (Å²) in [5.41, 5.74) is 2.41. The van der Waals surface area contributed by atoms with Crippen LogP contribution < -0.4 is 0 Å². The van der Waals surface area contributed by atoms with E-state index >= 15 is 0 Å². The zero-order chi connectivity index (χ0) is 16.7. The minimum Gasteiger partial charge on any atom is -0.326 e. The summed E-state index contributed by atoms with van der Waals surface area (Å²) in [5.74, 6) is 0.0332. The van der Waals surface area contributed by atoms with Crippen molar-refractivity contribution in [3.8, 4) is 0 Å². The maximum Gasteiger partial charge on any atom is 0.264 e. The fourth-order valence-electron chi connectivity index (χ4n) is 3.07. The fourth-order valence-corrected chi connectivity index (χ4v) is 5.29. The molecule has 4 rings (SSSR count). The molecule has 1 aliphatic heterocycles. The predicted octanol–water partition coefficient (Wildman–Crippen LogP) is 5.90. The Labute approximate surface area is 158 Å². The quantitative estimate of drug-likeness (QED) is 0.530. The Balaban J connectivity index is 1.77. The number of benzene rings is 1. The van der Waals surface area contributed by atoms with Gasteiger partial charge >= 0.3 is 0 Å². The third-order valence-corrected chi connectivity index (χ3v) is 6.68. The lowest BCUT2D eigenvalue weighted by atomic mass is 9.95. The van der Waals surface area contributed by atoms with Crippen LogP contribution in [-0.4, -0.2) is 17.4 Å². The van der Waals surface area contributed by atoms with Gasteiger partial charge in [-0.15, -0.1) is 22.7 Å². The van der Waals surface area contributed by atoms with E-state index in [0.717, 1.165) is 12.0 Å². The molecule has 2 nitrogen and oxygen atoms in total. The van der Waals surface area contributed by atoms with Crippen molar-refractivity contribution in [2.45, 2.75) is 12.5 Å². The molecular weight excluding hydrogens is 381 g/mol. The van der Waals surface area contributed by atoms with Gasteiger partial charge in [0.05, 0.1) is 15.3 Å². The molecule has 1 amide bonds. The summed E-state index contributed by atoms with van der Waals surface area (Å²) >= 11 is 15.1. The summed E-state index contributed by atoms with van der Waals surface area (Å²) in [4.78, 5) is 16.9. The van der Waals surface area contributed by atoms with E-state index in [1.165, 1.54) is 21.8 Å². The van der Waals surface area contributed by atoms with Gasteiger partial charge < -0.3 is 4.90 Å².